The Labute approximate surface area is 135 Å². The van der Waals surface area contributed by atoms with Crippen molar-refractivity contribution in [1.29, 1.82) is 0 Å². The van der Waals surface area contributed by atoms with Crippen LogP contribution in [0.2, 0.25) is 0 Å². The number of nitro groups is 1. The highest BCUT2D eigenvalue weighted by atomic mass is 16.6. The molecule has 0 saturated heterocycles. The molecule has 0 aliphatic carbocycles. The first-order valence-corrected chi connectivity index (χ1v) is 7.29. The van der Waals surface area contributed by atoms with Gasteiger partial charge >= 0.3 is 5.69 Å². The second-order valence-corrected chi connectivity index (χ2v) is 6.49. The lowest BCUT2D eigenvalue weighted by Gasteiger charge is -2.21. The van der Waals surface area contributed by atoms with Crippen LogP contribution in [0.1, 0.15) is 31.9 Å². The number of nitrogens with zero attached hydrogens (tertiary/aromatic N) is 3. The summed E-state index contributed by atoms with van der Waals surface area (Å²) in [5.74, 6) is 0.371. The van der Waals surface area contributed by atoms with Gasteiger partial charge < -0.3 is 10.6 Å². The van der Waals surface area contributed by atoms with Crippen LogP contribution in [-0.2, 0) is 0 Å². The maximum atomic E-state index is 11.5. The molecular formula is C16H21N5O2. The Balaban J connectivity index is 2.48. The van der Waals surface area contributed by atoms with Crippen molar-refractivity contribution in [3.8, 4) is 0 Å². The second kappa shape index (κ2) is 6.20. The molecule has 0 amide bonds. The molecule has 2 aromatic rings. The van der Waals surface area contributed by atoms with Crippen molar-refractivity contribution >= 4 is 23.0 Å². The Kier molecular flexibility index (Phi) is 4.49. The van der Waals surface area contributed by atoms with Crippen LogP contribution in [0.15, 0.2) is 24.5 Å². The van der Waals surface area contributed by atoms with Gasteiger partial charge in [0.2, 0.25) is 11.6 Å². The first-order chi connectivity index (χ1) is 10.7. The molecule has 0 spiro atoms. The van der Waals surface area contributed by atoms with Gasteiger partial charge in [0.1, 0.15) is 6.33 Å². The zero-order valence-corrected chi connectivity index (χ0v) is 14.0. The van der Waals surface area contributed by atoms with Crippen LogP contribution in [0.5, 0.6) is 0 Å². The van der Waals surface area contributed by atoms with Crippen molar-refractivity contribution < 1.29 is 4.92 Å². The van der Waals surface area contributed by atoms with Crippen molar-refractivity contribution in [2.75, 3.05) is 10.6 Å². The molecule has 23 heavy (non-hydrogen) atoms. The molecule has 0 unspecified atom stereocenters. The van der Waals surface area contributed by atoms with Crippen molar-refractivity contribution in [3.05, 3.63) is 45.8 Å². The molecule has 0 bridgehead atoms. The van der Waals surface area contributed by atoms with E-state index >= 15 is 0 Å². The van der Waals surface area contributed by atoms with Gasteiger partial charge in [-0.25, -0.2) is 9.97 Å². The molecule has 2 rings (SSSR count). The zero-order chi connectivity index (χ0) is 17.2. The van der Waals surface area contributed by atoms with Crippen LogP contribution < -0.4 is 10.6 Å². The van der Waals surface area contributed by atoms with Gasteiger partial charge in [0, 0.05) is 11.2 Å². The van der Waals surface area contributed by atoms with Gasteiger partial charge in [-0.1, -0.05) is 12.1 Å². The molecule has 0 fully saturated rings. The van der Waals surface area contributed by atoms with E-state index in [0.717, 1.165) is 16.8 Å². The van der Waals surface area contributed by atoms with E-state index in [1.165, 1.54) is 6.33 Å². The smallest absolute Gasteiger partial charge is 0.353 e. The fraction of sp³-hybridized carbons (Fsp3) is 0.375. The fourth-order valence-corrected chi connectivity index (χ4v) is 2.09. The van der Waals surface area contributed by atoms with Gasteiger partial charge in [-0.15, -0.1) is 0 Å². The largest absolute Gasteiger partial charge is 0.360 e. The Hall–Kier alpha value is -2.70. The van der Waals surface area contributed by atoms with E-state index < -0.39 is 4.92 Å². The lowest BCUT2D eigenvalue weighted by Crippen LogP contribution is -2.27. The third kappa shape index (κ3) is 4.15. The molecule has 0 saturated carbocycles. The molecule has 2 N–H and O–H groups in total. The van der Waals surface area contributed by atoms with Crippen molar-refractivity contribution in [3.63, 3.8) is 0 Å². The highest BCUT2D eigenvalue weighted by molar-refractivity contribution is 5.75. The standard InChI is InChI=1S/C16H21N5O2/c1-10-6-7-11(2)12(8-10)19-14-13(21(22)23)15(18-9-17-14)20-16(3,4)5/h6-9H,1-5H3,(H2,17,18,19,20). The lowest BCUT2D eigenvalue weighted by molar-refractivity contribution is -0.383. The Bertz CT molecular complexity index is 738. The minimum atomic E-state index is -0.471. The highest BCUT2D eigenvalue weighted by Crippen LogP contribution is 2.33. The maximum Gasteiger partial charge on any atom is 0.353 e. The summed E-state index contributed by atoms with van der Waals surface area (Å²) in [5, 5.41) is 17.6. The Morgan fingerprint density at radius 1 is 1.13 bits per heavy atom. The van der Waals surface area contributed by atoms with Crippen molar-refractivity contribution in [2.45, 2.75) is 40.2 Å². The predicted octanol–water partition coefficient (Wildman–Crippen LogP) is 3.96. The molecule has 1 aromatic heterocycles. The lowest BCUT2D eigenvalue weighted by atomic mass is 10.1. The second-order valence-electron chi connectivity index (χ2n) is 6.49. The van der Waals surface area contributed by atoms with Crippen LogP contribution in [0.25, 0.3) is 0 Å². The van der Waals surface area contributed by atoms with E-state index in [-0.39, 0.29) is 22.9 Å². The Morgan fingerprint density at radius 3 is 2.39 bits per heavy atom. The molecule has 0 radical (unpaired) electrons. The first kappa shape index (κ1) is 16.7. The summed E-state index contributed by atoms with van der Waals surface area (Å²) in [7, 11) is 0. The fourth-order valence-electron chi connectivity index (χ4n) is 2.09. The molecule has 7 nitrogen and oxygen atoms in total. The monoisotopic (exact) mass is 315 g/mol. The molecule has 7 heteroatoms. The topological polar surface area (TPSA) is 93.0 Å². The summed E-state index contributed by atoms with van der Waals surface area (Å²) < 4.78 is 0. The number of anilines is 3. The van der Waals surface area contributed by atoms with E-state index in [0.29, 0.717) is 0 Å². The number of nitrogens with one attached hydrogen (secondary N) is 2. The minimum Gasteiger partial charge on any atom is -0.360 e. The maximum absolute atomic E-state index is 11.5. The summed E-state index contributed by atoms with van der Waals surface area (Å²) in [6.07, 6.45) is 1.31. The summed E-state index contributed by atoms with van der Waals surface area (Å²) in [6, 6.07) is 5.87. The van der Waals surface area contributed by atoms with E-state index in [1.807, 2.05) is 52.8 Å². The van der Waals surface area contributed by atoms with Gasteiger partial charge in [0.25, 0.3) is 0 Å². The van der Waals surface area contributed by atoms with Crippen LogP contribution in [0.4, 0.5) is 23.0 Å². The third-order valence-electron chi connectivity index (χ3n) is 3.14. The number of hydrogen-bond donors (Lipinski definition) is 2. The van der Waals surface area contributed by atoms with Gasteiger partial charge in [0.15, 0.2) is 0 Å². The summed E-state index contributed by atoms with van der Waals surface area (Å²) >= 11 is 0. The molecule has 0 atom stereocenters. The van der Waals surface area contributed by atoms with Crippen molar-refractivity contribution in [2.24, 2.45) is 0 Å². The predicted molar refractivity (Wildman–Crippen MR) is 91.3 cm³/mol. The minimum absolute atomic E-state index is 0.164. The highest BCUT2D eigenvalue weighted by Gasteiger charge is 2.26. The molecule has 1 heterocycles. The summed E-state index contributed by atoms with van der Waals surface area (Å²) in [5.41, 5.74) is 2.31. The van der Waals surface area contributed by atoms with Crippen LogP contribution >= 0.6 is 0 Å². The quantitative estimate of drug-likeness (QED) is 0.655. The van der Waals surface area contributed by atoms with Crippen LogP contribution in [-0.4, -0.2) is 20.4 Å². The summed E-state index contributed by atoms with van der Waals surface area (Å²) in [4.78, 5) is 19.1. The van der Waals surface area contributed by atoms with Gasteiger partial charge in [0.05, 0.1) is 4.92 Å². The molecule has 122 valence electrons. The first-order valence-electron chi connectivity index (χ1n) is 7.29. The van der Waals surface area contributed by atoms with E-state index in [2.05, 4.69) is 20.6 Å². The normalized spacial score (nSPS) is 11.2. The average Bonchev–Trinajstić information content (AvgIpc) is 2.41. The SMILES string of the molecule is Cc1ccc(C)c(Nc2ncnc(NC(C)(C)C)c2[N+](=O)[O-])c1. The van der Waals surface area contributed by atoms with Gasteiger partial charge in [-0.2, -0.15) is 0 Å². The van der Waals surface area contributed by atoms with E-state index in [4.69, 9.17) is 0 Å². The zero-order valence-electron chi connectivity index (χ0n) is 14.0. The molecule has 0 aliphatic heterocycles. The van der Waals surface area contributed by atoms with Gasteiger partial charge in [-0.05, 0) is 51.8 Å². The van der Waals surface area contributed by atoms with E-state index in [1.54, 1.807) is 0 Å². The van der Waals surface area contributed by atoms with Crippen molar-refractivity contribution in [1.82, 2.24) is 9.97 Å². The number of rotatable bonds is 4. The van der Waals surface area contributed by atoms with Gasteiger partial charge in [-0.3, -0.25) is 10.1 Å². The summed E-state index contributed by atoms with van der Waals surface area (Å²) in [6.45, 7) is 9.64. The number of benzene rings is 1. The van der Waals surface area contributed by atoms with E-state index in [9.17, 15) is 10.1 Å². The number of aryl methyl sites for hydroxylation is 2. The Morgan fingerprint density at radius 2 is 1.78 bits per heavy atom. The van der Waals surface area contributed by atoms with Crippen LogP contribution in [0, 0.1) is 24.0 Å². The van der Waals surface area contributed by atoms with Crippen LogP contribution in [0.3, 0.4) is 0 Å². The average molecular weight is 315 g/mol. The number of aromatic nitrogens is 2. The third-order valence-corrected chi connectivity index (χ3v) is 3.14. The molecule has 1 aromatic carbocycles. The number of hydrogen-bond acceptors (Lipinski definition) is 6. The molecule has 0 aliphatic rings. The molecular weight excluding hydrogens is 294 g/mol.